The van der Waals surface area contributed by atoms with Crippen molar-refractivity contribution < 1.29 is 14.0 Å². The third-order valence-electron chi connectivity index (χ3n) is 6.08. The third kappa shape index (κ3) is 7.89. The molecule has 2 aromatic carbocycles. The number of rotatable bonds is 10. The largest absolute Gasteiger partial charge is 0.352 e. The molecule has 0 aliphatic heterocycles. The van der Waals surface area contributed by atoms with Crippen LogP contribution in [0, 0.1) is 5.82 Å². The van der Waals surface area contributed by atoms with E-state index in [0.29, 0.717) is 22.2 Å². The molecule has 0 aromatic heterocycles. The Balaban J connectivity index is 1.71. The molecule has 8 heteroatoms. The Kier molecular flexibility index (Phi) is 10.5. The second-order valence-corrected chi connectivity index (χ2v) is 10.5. The average molecular weight is 526 g/mol. The summed E-state index contributed by atoms with van der Waals surface area (Å²) < 4.78 is 13.2. The fourth-order valence-corrected chi connectivity index (χ4v) is 5.41. The molecule has 0 bridgehead atoms. The number of nitrogens with one attached hydrogen (secondary N) is 1. The number of carbonyl (C=O) groups excluding carboxylic acids is 2. The molecule has 1 atom stereocenters. The lowest BCUT2D eigenvalue weighted by Crippen LogP contribution is -2.52. The molecule has 0 unspecified atom stereocenters. The van der Waals surface area contributed by atoms with Crippen molar-refractivity contribution in [1.82, 2.24) is 10.2 Å². The molecule has 184 valence electrons. The van der Waals surface area contributed by atoms with Crippen molar-refractivity contribution >= 4 is 46.8 Å². The van der Waals surface area contributed by atoms with E-state index in [-0.39, 0.29) is 36.0 Å². The molecule has 3 rings (SSSR count). The first-order valence-electron chi connectivity index (χ1n) is 11.7. The first-order valence-corrected chi connectivity index (χ1v) is 13.6. The van der Waals surface area contributed by atoms with Gasteiger partial charge in [0.1, 0.15) is 11.9 Å². The van der Waals surface area contributed by atoms with Gasteiger partial charge < -0.3 is 10.2 Å². The van der Waals surface area contributed by atoms with E-state index in [2.05, 4.69) is 5.32 Å². The van der Waals surface area contributed by atoms with Gasteiger partial charge in [-0.3, -0.25) is 9.59 Å². The maximum Gasteiger partial charge on any atom is 0.243 e. The number of halogens is 3. The lowest BCUT2D eigenvalue weighted by atomic mass is 9.95. The van der Waals surface area contributed by atoms with Gasteiger partial charge in [-0.1, -0.05) is 67.6 Å². The van der Waals surface area contributed by atoms with Crippen molar-refractivity contribution in [2.45, 2.75) is 69.8 Å². The third-order valence-corrected chi connectivity index (χ3v) is 7.81. The minimum absolute atomic E-state index is 0.105. The zero-order chi connectivity index (χ0) is 24.5. The molecule has 1 aliphatic rings. The minimum atomic E-state index is -0.574. The summed E-state index contributed by atoms with van der Waals surface area (Å²) in [5.74, 6) is 0.284. The number of thioether (sulfide) groups is 1. The van der Waals surface area contributed by atoms with Crippen molar-refractivity contribution in [3.63, 3.8) is 0 Å². The maximum atomic E-state index is 13.3. The molecule has 0 spiro atoms. The molecule has 34 heavy (non-hydrogen) atoms. The summed E-state index contributed by atoms with van der Waals surface area (Å²) in [5, 5.41) is 4.03. The summed E-state index contributed by atoms with van der Waals surface area (Å²) in [7, 11) is 0. The Bertz CT molecular complexity index is 968. The summed E-state index contributed by atoms with van der Waals surface area (Å²) in [6.45, 7) is 2.19. The maximum absolute atomic E-state index is 13.3. The lowest BCUT2D eigenvalue weighted by Gasteiger charge is -2.33. The Hall–Kier alpha value is -1.76. The number of hydrogen-bond donors (Lipinski definition) is 1. The van der Waals surface area contributed by atoms with E-state index in [1.807, 2.05) is 13.0 Å². The quantitative estimate of drug-likeness (QED) is 0.379. The molecular weight excluding hydrogens is 494 g/mol. The van der Waals surface area contributed by atoms with Crippen molar-refractivity contribution in [2.24, 2.45) is 0 Å². The first-order chi connectivity index (χ1) is 16.4. The first kappa shape index (κ1) is 26.8. The zero-order valence-electron chi connectivity index (χ0n) is 19.4. The average Bonchev–Trinajstić information content (AvgIpc) is 2.83. The van der Waals surface area contributed by atoms with E-state index < -0.39 is 6.04 Å². The number of amides is 2. The highest BCUT2D eigenvalue weighted by Crippen LogP contribution is 2.25. The molecule has 4 nitrogen and oxygen atoms in total. The normalized spacial score (nSPS) is 15.1. The van der Waals surface area contributed by atoms with Crippen molar-refractivity contribution in [2.75, 3.05) is 5.75 Å². The number of nitrogens with zero attached hydrogens (tertiary/aromatic N) is 1. The van der Waals surface area contributed by atoms with Crippen LogP contribution in [0.5, 0.6) is 0 Å². The standard InChI is InChI=1S/C26H31Cl2FN2O2S/c1-2-24(26(33)30-21-6-4-3-5-7-21)31(15-19-10-13-22(27)23(28)14-19)25(32)17-34-16-18-8-11-20(29)12-9-18/h8-14,21,24H,2-7,15-17H2,1H3,(H,30,33)/t24-/m1/s1. The van der Waals surface area contributed by atoms with E-state index in [4.69, 9.17) is 23.2 Å². The fraction of sp³-hybridized carbons (Fsp3) is 0.462. The van der Waals surface area contributed by atoms with E-state index >= 15 is 0 Å². The highest BCUT2D eigenvalue weighted by molar-refractivity contribution is 7.99. The van der Waals surface area contributed by atoms with Gasteiger partial charge in [0.25, 0.3) is 0 Å². The summed E-state index contributed by atoms with van der Waals surface area (Å²) >= 11 is 13.7. The fourth-order valence-electron chi connectivity index (χ4n) is 4.22. The van der Waals surface area contributed by atoms with Crippen LogP contribution < -0.4 is 5.32 Å². The van der Waals surface area contributed by atoms with Crippen molar-refractivity contribution in [3.8, 4) is 0 Å². The molecule has 1 fully saturated rings. The van der Waals surface area contributed by atoms with Gasteiger partial charge in [-0.15, -0.1) is 11.8 Å². The minimum Gasteiger partial charge on any atom is -0.352 e. The summed E-state index contributed by atoms with van der Waals surface area (Å²) in [6, 6.07) is 11.1. The van der Waals surface area contributed by atoms with Gasteiger partial charge in [0.15, 0.2) is 0 Å². The van der Waals surface area contributed by atoms with Crippen molar-refractivity contribution in [3.05, 3.63) is 69.5 Å². The Morgan fingerprint density at radius 1 is 1.06 bits per heavy atom. The van der Waals surface area contributed by atoms with E-state index in [0.717, 1.165) is 36.8 Å². The Labute approximate surface area is 215 Å². The SMILES string of the molecule is CC[C@H](C(=O)NC1CCCCC1)N(Cc1ccc(Cl)c(Cl)c1)C(=O)CSCc1ccc(F)cc1. The number of benzene rings is 2. The van der Waals surface area contributed by atoms with E-state index in [1.165, 1.54) is 30.3 Å². The van der Waals surface area contributed by atoms with Crippen LogP contribution in [-0.4, -0.2) is 34.6 Å². The molecule has 2 amide bonds. The van der Waals surface area contributed by atoms with Crippen LogP contribution in [0.15, 0.2) is 42.5 Å². The lowest BCUT2D eigenvalue weighted by molar-refractivity contribution is -0.139. The summed E-state index contributed by atoms with van der Waals surface area (Å²) in [4.78, 5) is 28.2. The second-order valence-electron chi connectivity index (χ2n) is 8.66. The smallest absolute Gasteiger partial charge is 0.243 e. The monoisotopic (exact) mass is 524 g/mol. The van der Waals surface area contributed by atoms with E-state index in [9.17, 15) is 14.0 Å². The Morgan fingerprint density at radius 3 is 2.38 bits per heavy atom. The van der Waals surface area contributed by atoms with Crippen LogP contribution in [0.2, 0.25) is 10.0 Å². The van der Waals surface area contributed by atoms with Gasteiger partial charge >= 0.3 is 0 Å². The van der Waals surface area contributed by atoms with Crippen LogP contribution in [0.4, 0.5) is 4.39 Å². The highest BCUT2D eigenvalue weighted by atomic mass is 35.5. The molecule has 1 saturated carbocycles. The van der Waals surface area contributed by atoms with Crippen LogP contribution >= 0.6 is 35.0 Å². The Morgan fingerprint density at radius 2 is 1.74 bits per heavy atom. The second kappa shape index (κ2) is 13.4. The number of hydrogen-bond acceptors (Lipinski definition) is 3. The molecule has 1 aliphatic carbocycles. The van der Waals surface area contributed by atoms with Gasteiger partial charge in [0.05, 0.1) is 15.8 Å². The molecule has 0 heterocycles. The highest BCUT2D eigenvalue weighted by Gasteiger charge is 2.30. The van der Waals surface area contributed by atoms with Gasteiger partial charge in [-0.2, -0.15) is 0 Å². The van der Waals surface area contributed by atoms with Crippen LogP contribution in [0.25, 0.3) is 0 Å². The van der Waals surface area contributed by atoms with Gasteiger partial charge in [0, 0.05) is 18.3 Å². The van der Waals surface area contributed by atoms with Crippen LogP contribution in [0.1, 0.15) is 56.6 Å². The molecule has 1 N–H and O–H groups in total. The summed E-state index contributed by atoms with van der Waals surface area (Å²) in [6.07, 6.45) is 5.92. The molecule has 2 aromatic rings. The van der Waals surface area contributed by atoms with Gasteiger partial charge in [0.2, 0.25) is 11.8 Å². The van der Waals surface area contributed by atoms with Crippen LogP contribution in [0.3, 0.4) is 0 Å². The molecule has 0 saturated heterocycles. The summed E-state index contributed by atoms with van der Waals surface area (Å²) in [5.41, 5.74) is 1.76. The van der Waals surface area contributed by atoms with Crippen molar-refractivity contribution in [1.29, 1.82) is 0 Å². The zero-order valence-corrected chi connectivity index (χ0v) is 21.7. The van der Waals surface area contributed by atoms with Crippen LogP contribution in [-0.2, 0) is 21.9 Å². The predicted molar refractivity (Wildman–Crippen MR) is 139 cm³/mol. The van der Waals surface area contributed by atoms with Gasteiger partial charge in [-0.25, -0.2) is 4.39 Å². The molecular formula is C26H31Cl2FN2O2S. The van der Waals surface area contributed by atoms with Gasteiger partial charge in [-0.05, 0) is 54.7 Å². The van der Waals surface area contributed by atoms with E-state index in [1.54, 1.807) is 29.2 Å². The molecule has 0 radical (unpaired) electrons. The number of carbonyl (C=O) groups is 2. The predicted octanol–water partition coefficient (Wildman–Crippen LogP) is 6.62. The topological polar surface area (TPSA) is 49.4 Å².